The summed E-state index contributed by atoms with van der Waals surface area (Å²) < 4.78 is 17.2. The molecule has 0 aliphatic heterocycles. The molecule has 0 saturated carbocycles. The second kappa shape index (κ2) is 10.4. The van der Waals surface area contributed by atoms with Gasteiger partial charge in [0.1, 0.15) is 17.2 Å². The van der Waals surface area contributed by atoms with Crippen molar-refractivity contribution in [2.75, 3.05) is 6.54 Å². The number of hydrogen-bond acceptors (Lipinski definition) is 2. The van der Waals surface area contributed by atoms with E-state index in [4.69, 9.17) is 5.10 Å². The first-order valence-corrected chi connectivity index (χ1v) is 11.9. The van der Waals surface area contributed by atoms with Gasteiger partial charge in [-0.15, -0.1) is 0 Å². The van der Waals surface area contributed by atoms with Crippen LogP contribution >= 0.6 is 0 Å². The first-order chi connectivity index (χ1) is 17.6. The Kier molecular flexibility index (Phi) is 6.76. The molecule has 0 atom stereocenters. The number of aryl methyl sites for hydroxylation is 1. The molecule has 0 radical (unpaired) electrons. The normalized spacial score (nSPS) is 10.9. The van der Waals surface area contributed by atoms with Gasteiger partial charge in [-0.05, 0) is 60.0 Å². The van der Waals surface area contributed by atoms with Crippen molar-refractivity contribution < 1.29 is 9.18 Å². The highest BCUT2D eigenvalue weighted by Gasteiger charge is 2.24. The Morgan fingerprint density at radius 1 is 0.861 bits per heavy atom. The highest BCUT2D eigenvalue weighted by Crippen LogP contribution is 2.24. The Morgan fingerprint density at radius 3 is 2.17 bits per heavy atom. The van der Waals surface area contributed by atoms with Crippen LogP contribution < -0.4 is 0 Å². The summed E-state index contributed by atoms with van der Waals surface area (Å²) in [5.41, 5.74) is 4.85. The third-order valence-corrected chi connectivity index (χ3v) is 6.22. The summed E-state index contributed by atoms with van der Waals surface area (Å²) >= 11 is 0. The molecule has 0 spiro atoms. The summed E-state index contributed by atoms with van der Waals surface area (Å²) in [6, 6.07) is 31.9. The van der Waals surface area contributed by atoms with E-state index in [0.717, 1.165) is 17.7 Å². The van der Waals surface area contributed by atoms with Crippen LogP contribution in [0.3, 0.4) is 0 Å². The number of carbonyl (C=O) groups is 1. The molecule has 1 amide bonds. The van der Waals surface area contributed by atoms with Crippen LogP contribution in [-0.2, 0) is 20.0 Å². The SMILES string of the molecule is Cn1cccc1-c1cc(C(=O)N(CCc2ccccc2)Cc2ccccc2)n(-c2ccc(F)cc2)n1. The first-order valence-electron chi connectivity index (χ1n) is 11.9. The van der Waals surface area contributed by atoms with Crippen molar-refractivity contribution in [2.24, 2.45) is 7.05 Å². The van der Waals surface area contributed by atoms with Gasteiger partial charge in [-0.3, -0.25) is 4.79 Å². The number of benzene rings is 3. The summed E-state index contributed by atoms with van der Waals surface area (Å²) in [6.45, 7) is 1.02. The van der Waals surface area contributed by atoms with Crippen LogP contribution in [0.4, 0.5) is 4.39 Å². The topological polar surface area (TPSA) is 43.1 Å². The lowest BCUT2D eigenvalue weighted by Gasteiger charge is -2.23. The maximum atomic E-state index is 14.1. The van der Waals surface area contributed by atoms with Crippen molar-refractivity contribution in [3.05, 3.63) is 132 Å². The molecule has 0 saturated heterocycles. The summed E-state index contributed by atoms with van der Waals surface area (Å²) in [7, 11) is 1.94. The Labute approximate surface area is 210 Å². The summed E-state index contributed by atoms with van der Waals surface area (Å²) in [4.78, 5) is 15.9. The highest BCUT2D eigenvalue weighted by molar-refractivity contribution is 5.94. The molecule has 5 aromatic rings. The quantitative estimate of drug-likeness (QED) is 0.279. The predicted octanol–water partition coefficient (Wildman–Crippen LogP) is 5.90. The van der Waals surface area contributed by atoms with Crippen molar-refractivity contribution in [2.45, 2.75) is 13.0 Å². The summed E-state index contributed by atoms with van der Waals surface area (Å²) in [6.07, 6.45) is 2.67. The van der Waals surface area contributed by atoms with E-state index in [9.17, 15) is 9.18 Å². The molecule has 6 heteroatoms. The van der Waals surface area contributed by atoms with Crippen molar-refractivity contribution in [1.29, 1.82) is 0 Å². The van der Waals surface area contributed by atoms with Gasteiger partial charge in [0, 0.05) is 26.3 Å². The van der Waals surface area contributed by atoms with E-state index in [1.807, 2.05) is 89.4 Å². The Balaban J connectivity index is 1.54. The van der Waals surface area contributed by atoms with E-state index >= 15 is 0 Å². The Bertz CT molecular complexity index is 1440. The van der Waals surface area contributed by atoms with Crippen LogP contribution in [0.15, 0.2) is 109 Å². The largest absolute Gasteiger partial charge is 0.349 e. The molecule has 0 unspecified atom stereocenters. The molecule has 0 aliphatic rings. The zero-order valence-corrected chi connectivity index (χ0v) is 20.1. The third-order valence-electron chi connectivity index (χ3n) is 6.22. The molecular weight excluding hydrogens is 451 g/mol. The lowest BCUT2D eigenvalue weighted by Crippen LogP contribution is -2.34. The molecular formula is C30H27FN4O. The maximum absolute atomic E-state index is 14.1. The minimum atomic E-state index is -0.338. The van der Waals surface area contributed by atoms with Crippen molar-refractivity contribution >= 4 is 5.91 Å². The van der Waals surface area contributed by atoms with E-state index in [1.54, 1.807) is 16.8 Å². The van der Waals surface area contributed by atoms with Crippen LogP contribution in [0.2, 0.25) is 0 Å². The van der Waals surface area contributed by atoms with E-state index in [2.05, 4.69) is 12.1 Å². The molecule has 5 nitrogen and oxygen atoms in total. The smallest absolute Gasteiger partial charge is 0.272 e. The number of rotatable bonds is 8. The van der Waals surface area contributed by atoms with Gasteiger partial charge in [-0.25, -0.2) is 9.07 Å². The van der Waals surface area contributed by atoms with E-state index < -0.39 is 0 Å². The average molecular weight is 479 g/mol. The van der Waals surface area contributed by atoms with Gasteiger partial charge in [0.25, 0.3) is 5.91 Å². The number of carbonyl (C=O) groups excluding carboxylic acids is 1. The molecule has 5 rings (SSSR count). The van der Waals surface area contributed by atoms with Crippen molar-refractivity contribution in [3.8, 4) is 17.1 Å². The fraction of sp³-hybridized carbons (Fsp3) is 0.133. The van der Waals surface area contributed by atoms with Crippen molar-refractivity contribution in [1.82, 2.24) is 19.2 Å². The number of aromatic nitrogens is 3. The van der Waals surface area contributed by atoms with Crippen LogP contribution in [-0.4, -0.2) is 31.7 Å². The lowest BCUT2D eigenvalue weighted by molar-refractivity contribution is 0.0736. The highest BCUT2D eigenvalue weighted by atomic mass is 19.1. The molecule has 36 heavy (non-hydrogen) atoms. The van der Waals surface area contributed by atoms with Crippen LogP contribution in [0.5, 0.6) is 0 Å². The molecule has 0 fully saturated rings. The summed E-state index contributed by atoms with van der Waals surface area (Å²) in [5.74, 6) is -0.470. The minimum absolute atomic E-state index is 0.132. The van der Waals surface area contributed by atoms with Gasteiger partial charge in [0.05, 0.1) is 11.4 Å². The fourth-order valence-corrected chi connectivity index (χ4v) is 4.29. The first kappa shape index (κ1) is 23.3. The molecule has 0 bridgehead atoms. The third kappa shape index (κ3) is 5.13. The number of amides is 1. The molecule has 3 aromatic carbocycles. The van der Waals surface area contributed by atoms with Crippen LogP contribution in [0, 0.1) is 5.82 Å². The second-order valence-corrected chi connectivity index (χ2v) is 8.76. The zero-order chi connectivity index (χ0) is 24.9. The number of halogens is 1. The Hall–Kier alpha value is -4.45. The maximum Gasteiger partial charge on any atom is 0.272 e. The fourth-order valence-electron chi connectivity index (χ4n) is 4.29. The average Bonchev–Trinajstić information content (AvgIpc) is 3.54. The van der Waals surface area contributed by atoms with Gasteiger partial charge in [0.15, 0.2) is 0 Å². The molecule has 2 aromatic heterocycles. The predicted molar refractivity (Wildman–Crippen MR) is 139 cm³/mol. The van der Waals surface area contributed by atoms with Crippen LogP contribution in [0.1, 0.15) is 21.6 Å². The zero-order valence-electron chi connectivity index (χ0n) is 20.1. The Morgan fingerprint density at radius 2 is 1.53 bits per heavy atom. The molecule has 180 valence electrons. The van der Waals surface area contributed by atoms with E-state index in [1.165, 1.54) is 17.7 Å². The van der Waals surface area contributed by atoms with Crippen molar-refractivity contribution in [3.63, 3.8) is 0 Å². The standard InChI is InChI=1S/C30H27FN4O/c1-33-19-8-13-28(33)27-21-29(35(32-27)26-16-14-25(31)15-17-26)30(36)34(22-24-11-6-3-7-12-24)20-18-23-9-4-2-5-10-23/h2-17,19,21H,18,20,22H2,1H3. The van der Waals surface area contributed by atoms with Gasteiger partial charge in [0.2, 0.25) is 0 Å². The number of nitrogens with zero attached hydrogens (tertiary/aromatic N) is 4. The van der Waals surface area contributed by atoms with E-state index in [0.29, 0.717) is 30.2 Å². The van der Waals surface area contributed by atoms with Gasteiger partial charge in [-0.2, -0.15) is 5.10 Å². The molecule has 0 N–H and O–H groups in total. The summed E-state index contributed by atoms with van der Waals surface area (Å²) in [5, 5.41) is 4.77. The van der Waals surface area contributed by atoms with Gasteiger partial charge >= 0.3 is 0 Å². The lowest BCUT2D eigenvalue weighted by atomic mass is 10.1. The van der Waals surface area contributed by atoms with E-state index in [-0.39, 0.29) is 11.7 Å². The minimum Gasteiger partial charge on any atom is -0.349 e. The molecule has 2 heterocycles. The second-order valence-electron chi connectivity index (χ2n) is 8.76. The molecule has 0 aliphatic carbocycles. The number of hydrogen-bond donors (Lipinski definition) is 0. The monoisotopic (exact) mass is 478 g/mol. The van der Waals surface area contributed by atoms with Gasteiger partial charge < -0.3 is 9.47 Å². The van der Waals surface area contributed by atoms with Crippen LogP contribution in [0.25, 0.3) is 17.1 Å². The van der Waals surface area contributed by atoms with Gasteiger partial charge in [-0.1, -0.05) is 60.7 Å².